The molecular formula is C56H38N4O. The van der Waals surface area contributed by atoms with Gasteiger partial charge in [0, 0.05) is 55.2 Å². The van der Waals surface area contributed by atoms with Gasteiger partial charge in [0.2, 0.25) is 0 Å². The summed E-state index contributed by atoms with van der Waals surface area (Å²) < 4.78 is 6.67. The van der Waals surface area contributed by atoms with Crippen LogP contribution < -0.4 is 4.90 Å². The zero-order chi connectivity index (χ0) is 40.5. The molecule has 12 rings (SSSR count). The number of furan rings is 1. The molecule has 1 aliphatic carbocycles. The fraction of sp³-hybridized carbons (Fsp3) is 0.0536. The number of allylic oxidation sites excluding steroid dienone is 2. The van der Waals surface area contributed by atoms with Crippen LogP contribution in [-0.2, 0) is 5.41 Å². The van der Waals surface area contributed by atoms with Gasteiger partial charge in [0.15, 0.2) is 11.4 Å². The lowest BCUT2D eigenvalue weighted by atomic mass is 9.76. The summed E-state index contributed by atoms with van der Waals surface area (Å²) in [6.07, 6.45) is 9.00. The van der Waals surface area contributed by atoms with E-state index in [-0.39, 0.29) is 11.5 Å². The molecule has 0 spiro atoms. The van der Waals surface area contributed by atoms with Gasteiger partial charge in [0.05, 0.1) is 22.9 Å². The normalized spacial score (nSPS) is 16.7. The number of benzene rings is 7. The summed E-state index contributed by atoms with van der Waals surface area (Å²) in [5, 5.41) is 3.19. The van der Waals surface area contributed by atoms with Crippen LogP contribution in [0.2, 0.25) is 0 Å². The maximum atomic E-state index is 6.67. The summed E-state index contributed by atoms with van der Waals surface area (Å²) in [6.45, 7) is 2.34. The van der Waals surface area contributed by atoms with Crippen molar-refractivity contribution in [3.05, 3.63) is 212 Å². The molecule has 0 saturated heterocycles. The predicted octanol–water partition coefficient (Wildman–Crippen LogP) is 14.2. The molecule has 0 bridgehead atoms. The molecular weight excluding hydrogens is 745 g/mol. The molecule has 2 atom stereocenters. The quantitative estimate of drug-likeness (QED) is 0.168. The predicted molar refractivity (Wildman–Crippen MR) is 250 cm³/mol. The van der Waals surface area contributed by atoms with Crippen molar-refractivity contribution in [3.8, 4) is 56.3 Å². The summed E-state index contributed by atoms with van der Waals surface area (Å²) in [5.41, 5.74) is 14.7. The van der Waals surface area contributed by atoms with Crippen molar-refractivity contribution in [3.63, 3.8) is 0 Å². The second kappa shape index (κ2) is 13.9. The van der Waals surface area contributed by atoms with Crippen LogP contribution in [0.4, 0.5) is 11.4 Å². The Balaban J connectivity index is 1.01. The number of anilines is 2. The molecule has 2 unspecified atom stereocenters. The second-order valence-electron chi connectivity index (χ2n) is 16.2. The minimum absolute atomic E-state index is 0.132. The van der Waals surface area contributed by atoms with E-state index < -0.39 is 0 Å². The summed E-state index contributed by atoms with van der Waals surface area (Å²) in [6, 6.07) is 63.8. The number of rotatable bonds is 6. The molecule has 5 nitrogen and oxygen atoms in total. The van der Waals surface area contributed by atoms with Crippen LogP contribution in [0.3, 0.4) is 0 Å². The van der Waals surface area contributed by atoms with Crippen LogP contribution in [0.15, 0.2) is 211 Å². The molecule has 61 heavy (non-hydrogen) atoms. The van der Waals surface area contributed by atoms with Gasteiger partial charge in [-0.05, 0) is 66.1 Å². The Kier molecular flexibility index (Phi) is 7.97. The van der Waals surface area contributed by atoms with E-state index in [1.807, 2.05) is 24.3 Å². The van der Waals surface area contributed by atoms with E-state index in [1.54, 1.807) is 0 Å². The SMILES string of the molecule is CC12C=CC=CC1N(c1cccc(-c3cc(-c4ccccc4)nc(-c4cccc(-c5nc6cc(-c7ccccc7)ccc6c6c5oc5ccccc56)c4)n3)c1)c1ccccc12. The first-order chi connectivity index (χ1) is 30.1. The molecule has 4 heterocycles. The van der Waals surface area contributed by atoms with Gasteiger partial charge in [-0.3, -0.25) is 0 Å². The highest BCUT2D eigenvalue weighted by atomic mass is 16.3. The Labute approximate surface area is 353 Å². The van der Waals surface area contributed by atoms with Crippen LogP contribution in [0.1, 0.15) is 12.5 Å². The van der Waals surface area contributed by atoms with Gasteiger partial charge in [-0.15, -0.1) is 0 Å². The highest BCUT2D eigenvalue weighted by Gasteiger charge is 2.46. The van der Waals surface area contributed by atoms with Gasteiger partial charge in [-0.1, -0.05) is 164 Å². The molecule has 1 aliphatic heterocycles. The third kappa shape index (κ3) is 5.73. The smallest absolute Gasteiger partial charge is 0.162 e. The Morgan fingerprint density at radius 2 is 1.23 bits per heavy atom. The molecule has 10 aromatic rings. The Morgan fingerprint density at radius 1 is 0.525 bits per heavy atom. The topological polar surface area (TPSA) is 55.1 Å². The standard InChI is InChI=1S/C56H38N4O/c1-56-31-13-12-28-51(56)60(49-26-10-9-25-45(49)56)42-23-15-20-39(33-42)47-35-46(37-18-6-3-7-19-37)58-55(59-47)41-22-14-21-40(32-41)53-54-52(44-24-8-11-27-50(44)61-54)43-30-29-38(34-48(43)57-53)36-16-4-2-5-17-36/h2-35,51H,1H3. The maximum Gasteiger partial charge on any atom is 0.162 e. The van der Waals surface area contributed by atoms with E-state index in [2.05, 4.69) is 194 Å². The van der Waals surface area contributed by atoms with Crippen molar-refractivity contribution in [2.45, 2.75) is 18.4 Å². The van der Waals surface area contributed by atoms with Gasteiger partial charge in [0.1, 0.15) is 11.3 Å². The fourth-order valence-electron chi connectivity index (χ4n) is 9.51. The van der Waals surface area contributed by atoms with Crippen molar-refractivity contribution in [2.75, 3.05) is 4.90 Å². The van der Waals surface area contributed by atoms with E-state index in [0.717, 1.165) is 89.0 Å². The van der Waals surface area contributed by atoms with Gasteiger partial charge >= 0.3 is 0 Å². The van der Waals surface area contributed by atoms with E-state index >= 15 is 0 Å². The minimum atomic E-state index is -0.132. The first kappa shape index (κ1) is 35.1. The van der Waals surface area contributed by atoms with Crippen LogP contribution in [0.25, 0.3) is 89.1 Å². The number of hydrogen-bond acceptors (Lipinski definition) is 5. The first-order valence-electron chi connectivity index (χ1n) is 20.8. The Bertz CT molecular complexity index is 3400. The number of hydrogen-bond donors (Lipinski definition) is 0. The molecule has 0 N–H and O–H groups in total. The van der Waals surface area contributed by atoms with Crippen LogP contribution in [0.5, 0.6) is 0 Å². The number of pyridine rings is 1. The summed E-state index contributed by atoms with van der Waals surface area (Å²) >= 11 is 0. The molecule has 0 fully saturated rings. The van der Waals surface area contributed by atoms with Gasteiger partial charge < -0.3 is 9.32 Å². The van der Waals surface area contributed by atoms with Crippen molar-refractivity contribution < 1.29 is 4.42 Å². The van der Waals surface area contributed by atoms with Crippen LogP contribution >= 0.6 is 0 Å². The lowest BCUT2D eigenvalue weighted by Gasteiger charge is -2.34. The zero-order valence-electron chi connectivity index (χ0n) is 33.4. The first-order valence-corrected chi connectivity index (χ1v) is 20.8. The number of aromatic nitrogens is 3. The van der Waals surface area contributed by atoms with Gasteiger partial charge in [-0.2, -0.15) is 0 Å². The number of fused-ring (bicyclic) bond motifs is 8. The number of para-hydroxylation sites is 2. The van der Waals surface area contributed by atoms with Crippen LogP contribution in [0, 0.1) is 0 Å². The second-order valence-corrected chi connectivity index (χ2v) is 16.2. The minimum Gasteiger partial charge on any atom is -0.454 e. The highest BCUT2D eigenvalue weighted by molar-refractivity contribution is 6.21. The molecule has 0 amide bonds. The maximum absolute atomic E-state index is 6.67. The van der Waals surface area contributed by atoms with E-state index in [9.17, 15) is 0 Å². The summed E-state index contributed by atoms with van der Waals surface area (Å²) in [5.74, 6) is 0.635. The van der Waals surface area contributed by atoms with Gasteiger partial charge in [0.25, 0.3) is 0 Å². The van der Waals surface area contributed by atoms with Gasteiger partial charge in [-0.25, -0.2) is 15.0 Å². The third-order valence-corrected chi connectivity index (χ3v) is 12.5. The average molecular weight is 783 g/mol. The van der Waals surface area contributed by atoms with E-state index in [0.29, 0.717) is 5.82 Å². The van der Waals surface area contributed by atoms with Crippen molar-refractivity contribution in [2.24, 2.45) is 0 Å². The molecule has 7 aromatic carbocycles. The molecule has 288 valence electrons. The molecule has 0 radical (unpaired) electrons. The fourth-order valence-corrected chi connectivity index (χ4v) is 9.51. The van der Waals surface area contributed by atoms with Crippen molar-refractivity contribution in [1.29, 1.82) is 0 Å². The zero-order valence-corrected chi connectivity index (χ0v) is 33.4. The summed E-state index contributed by atoms with van der Waals surface area (Å²) in [4.78, 5) is 18.4. The molecule has 2 aliphatic rings. The average Bonchev–Trinajstić information content (AvgIpc) is 3.85. The van der Waals surface area contributed by atoms with Crippen LogP contribution in [-0.4, -0.2) is 21.0 Å². The monoisotopic (exact) mass is 782 g/mol. The molecule has 0 saturated carbocycles. The lowest BCUT2D eigenvalue weighted by molar-refractivity contribution is 0.551. The Morgan fingerprint density at radius 3 is 2.10 bits per heavy atom. The summed E-state index contributed by atoms with van der Waals surface area (Å²) in [7, 11) is 0. The van der Waals surface area contributed by atoms with Crippen molar-refractivity contribution in [1.82, 2.24) is 15.0 Å². The van der Waals surface area contributed by atoms with E-state index in [4.69, 9.17) is 19.4 Å². The third-order valence-electron chi connectivity index (χ3n) is 12.5. The van der Waals surface area contributed by atoms with E-state index in [1.165, 1.54) is 11.3 Å². The number of nitrogens with zero attached hydrogens (tertiary/aromatic N) is 4. The largest absolute Gasteiger partial charge is 0.454 e. The Hall–Kier alpha value is -7.89. The van der Waals surface area contributed by atoms with Crippen molar-refractivity contribution >= 4 is 44.2 Å². The molecule has 3 aromatic heterocycles. The molecule has 5 heteroatoms. The highest BCUT2D eigenvalue weighted by Crippen LogP contribution is 2.51. The lowest BCUT2D eigenvalue weighted by Crippen LogP contribution is -2.39.